The molecule has 0 spiro atoms. The van der Waals surface area contributed by atoms with Crippen LogP contribution in [0.1, 0.15) is 6.92 Å². The number of hydrogen-bond donors (Lipinski definition) is 0. The molecule has 0 rings (SSSR count). The van der Waals surface area contributed by atoms with E-state index in [2.05, 4.69) is 4.18 Å². The molecule has 2 atom stereocenters. The van der Waals surface area contributed by atoms with Gasteiger partial charge in [0, 0.05) is 0 Å². The van der Waals surface area contributed by atoms with Crippen LogP contribution in [0.3, 0.4) is 0 Å². The largest absolute Gasteiger partial charge is 0.750 e. The smallest absolute Gasteiger partial charge is 0.117 e. The summed E-state index contributed by atoms with van der Waals surface area (Å²) in [4.78, 5) is 0. The predicted octanol–water partition coefficient (Wildman–Crippen LogP) is 0.155. The van der Waals surface area contributed by atoms with Crippen molar-refractivity contribution in [1.82, 2.24) is 0 Å². The number of hydrogen-bond acceptors (Lipinski definition) is 3. The maximum absolute atomic E-state index is 11.3. The fraction of sp³-hybridized carbons (Fsp3) is 1.00. The summed E-state index contributed by atoms with van der Waals surface area (Å²) < 4.78 is 34.4. The summed E-state index contributed by atoms with van der Waals surface area (Å²) >= 11 is -2.59. The van der Waals surface area contributed by atoms with Gasteiger partial charge in [-0.3, -0.25) is 4.18 Å². The van der Waals surface area contributed by atoms with Crippen molar-refractivity contribution in [1.29, 1.82) is 0 Å². The number of halogens is 1. The topological polar surface area (TPSA) is 49.4 Å². The van der Waals surface area contributed by atoms with Gasteiger partial charge in [-0.15, -0.1) is 0 Å². The lowest BCUT2D eigenvalue weighted by Gasteiger charge is -2.08. The van der Waals surface area contributed by atoms with E-state index < -0.39 is 24.1 Å². The summed E-state index contributed by atoms with van der Waals surface area (Å²) in [6.07, 6.45) is -0.853. The molecule has 0 N–H and O–H groups in total. The Hall–Kier alpha value is -0.0000000000000000486. The standard InChI is InChI=1S/C3H7FO3S/c1-3(2-4)7-8(5)6/h3H,2H2,1H3,(H,5,6)/p-1. The Bertz CT molecular complexity index is 86.6. The molecule has 0 heterocycles. The van der Waals surface area contributed by atoms with E-state index in [-0.39, 0.29) is 0 Å². The van der Waals surface area contributed by atoms with Gasteiger partial charge in [0.05, 0.1) is 17.5 Å². The van der Waals surface area contributed by atoms with Crippen LogP contribution in [0.2, 0.25) is 0 Å². The maximum atomic E-state index is 11.3. The maximum Gasteiger partial charge on any atom is 0.117 e. The normalized spacial score (nSPS) is 17.9. The van der Waals surface area contributed by atoms with Crippen LogP contribution in [0, 0.1) is 0 Å². The molecule has 0 aliphatic heterocycles. The molecule has 0 fully saturated rings. The Balaban J connectivity index is 3.24. The van der Waals surface area contributed by atoms with Crippen LogP contribution in [0.4, 0.5) is 4.39 Å². The van der Waals surface area contributed by atoms with Crippen LogP contribution in [-0.2, 0) is 15.5 Å². The van der Waals surface area contributed by atoms with Crippen LogP contribution in [-0.4, -0.2) is 21.5 Å². The minimum Gasteiger partial charge on any atom is -0.750 e. The molecular formula is C3H6FO3S-. The van der Waals surface area contributed by atoms with Crippen molar-refractivity contribution < 1.29 is 17.3 Å². The number of rotatable bonds is 3. The highest BCUT2D eigenvalue weighted by molar-refractivity contribution is 7.74. The molecule has 2 unspecified atom stereocenters. The Morgan fingerprint density at radius 3 is 2.62 bits per heavy atom. The highest BCUT2D eigenvalue weighted by Crippen LogP contribution is 1.91. The third kappa shape index (κ3) is 4.17. The average Bonchev–Trinajstić information content (AvgIpc) is 1.65. The van der Waals surface area contributed by atoms with Crippen molar-refractivity contribution >= 4 is 11.4 Å². The first kappa shape index (κ1) is 8.00. The molecule has 0 saturated carbocycles. The van der Waals surface area contributed by atoms with Crippen LogP contribution < -0.4 is 0 Å². The van der Waals surface area contributed by atoms with E-state index in [0.717, 1.165) is 0 Å². The molecule has 3 nitrogen and oxygen atoms in total. The molecule has 0 bridgehead atoms. The summed E-state index contributed by atoms with van der Waals surface area (Å²) in [6, 6.07) is 0. The molecule has 0 saturated heterocycles. The molecule has 0 aliphatic rings. The summed E-state index contributed by atoms with van der Waals surface area (Å²) in [7, 11) is 0. The minimum absolute atomic E-state index is 0.784. The van der Waals surface area contributed by atoms with E-state index in [1.165, 1.54) is 6.92 Å². The van der Waals surface area contributed by atoms with Gasteiger partial charge in [0.2, 0.25) is 0 Å². The zero-order chi connectivity index (χ0) is 6.57. The zero-order valence-corrected chi connectivity index (χ0v) is 5.11. The zero-order valence-electron chi connectivity index (χ0n) is 4.30. The molecule has 0 aromatic heterocycles. The Morgan fingerprint density at radius 2 is 2.50 bits per heavy atom. The summed E-state index contributed by atoms with van der Waals surface area (Å²) in [5.74, 6) is 0. The molecule has 0 radical (unpaired) electrons. The summed E-state index contributed by atoms with van der Waals surface area (Å²) in [6.45, 7) is 0.545. The van der Waals surface area contributed by atoms with Crippen molar-refractivity contribution in [3.63, 3.8) is 0 Å². The highest BCUT2D eigenvalue weighted by Gasteiger charge is 1.98. The molecule has 50 valence electrons. The molecule has 0 aliphatic carbocycles. The van der Waals surface area contributed by atoms with Crippen molar-refractivity contribution in [3.8, 4) is 0 Å². The third-order valence-corrected chi connectivity index (χ3v) is 0.946. The molecule has 8 heavy (non-hydrogen) atoms. The second-order valence-electron chi connectivity index (χ2n) is 1.27. The summed E-state index contributed by atoms with van der Waals surface area (Å²) in [5, 5.41) is 0. The van der Waals surface area contributed by atoms with Gasteiger partial charge in [-0.1, -0.05) is 0 Å². The molecule has 0 amide bonds. The molecule has 0 aromatic rings. The summed E-state index contributed by atoms with van der Waals surface area (Å²) in [5.41, 5.74) is 0. The van der Waals surface area contributed by atoms with Crippen LogP contribution >= 0.6 is 0 Å². The lowest BCUT2D eigenvalue weighted by atomic mass is 10.5. The van der Waals surface area contributed by atoms with Crippen molar-refractivity contribution in [2.75, 3.05) is 6.67 Å². The predicted molar refractivity (Wildman–Crippen MR) is 25.4 cm³/mol. The first-order chi connectivity index (χ1) is 3.66. The quantitative estimate of drug-likeness (QED) is 0.526. The Kier molecular flexibility index (Phi) is 3.94. The van der Waals surface area contributed by atoms with Gasteiger partial charge in [0.15, 0.2) is 0 Å². The Labute approximate surface area is 49.3 Å². The van der Waals surface area contributed by atoms with Gasteiger partial charge in [-0.05, 0) is 6.92 Å². The monoisotopic (exact) mass is 141 g/mol. The first-order valence-corrected chi connectivity index (χ1v) is 2.99. The average molecular weight is 141 g/mol. The van der Waals surface area contributed by atoms with Gasteiger partial charge >= 0.3 is 0 Å². The van der Waals surface area contributed by atoms with E-state index in [9.17, 15) is 13.2 Å². The van der Waals surface area contributed by atoms with Crippen molar-refractivity contribution in [2.24, 2.45) is 0 Å². The molecule has 5 heteroatoms. The third-order valence-electron chi connectivity index (χ3n) is 0.460. The molecule has 0 aromatic carbocycles. The van der Waals surface area contributed by atoms with E-state index in [1.54, 1.807) is 0 Å². The van der Waals surface area contributed by atoms with Crippen LogP contribution in [0.5, 0.6) is 0 Å². The minimum atomic E-state index is -2.59. The van der Waals surface area contributed by atoms with E-state index >= 15 is 0 Å². The van der Waals surface area contributed by atoms with E-state index in [0.29, 0.717) is 0 Å². The van der Waals surface area contributed by atoms with Gasteiger partial charge in [0.25, 0.3) is 0 Å². The number of alkyl halides is 1. The van der Waals surface area contributed by atoms with Gasteiger partial charge < -0.3 is 4.55 Å². The fourth-order valence-electron chi connectivity index (χ4n) is 0.160. The molecular weight excluding hydrogens is 135 g/mol. The van der Waals surface area contributed by atoms with Crippen molar-refractivity contribution in [2.45, 2.75) is 13.0 Å². The Morgan fingerprint density at radius 1 is 2.00 bits per heavy atom. The SMILES string of the molecule is CC(CF)OS(=O)[O-]. The van der Waals surface area contributed by atoms with Gasteiger partial charge in [0.1, 0.15) is 6.67 Å². The first-order valence-electron chi connectivity index (χ1n) is 1.99. The lowest BCUT2D eigenvalue weighted by molar-refractivity contribution is 0.182. The van der Waals surface area contributed by atoms with Crippen LogP contribution in [0.15, 0.2) is 0 Å². The van der Waals surface area contributed by atoms with Crippen molar-refractivity contribution in [3.05, 3.63) is 0 Å². The highest BCUT2D eigenvalue weighted by atomic mass is 32.2. The van der Waals surface area contributed by atoms with Gasteiger partial charge in [-0.25, -0.2) is 8.60 Å². The van der Waals surface area contributed by atoms with Gasteiger partial charge in [-0.2, -0.15) is 0 Å². The van der Waals surface area contributed by atoms with E-state index in [1.807, 2.05) is 0 Å². The second kappa shape index (κ2) is 3.94. The van der Waals surface area contributed by atoms with E-state index in [4.69, 9.17) is 0 Å². The second-order valence-corrected chi connectivity index (χ2v) is 1.87. The van der Waals surface area contributed by atoms with Crippen LogP contribution in [0.25, 0.3) is 0 Å². The lowest BCUT2D eigenvalue weighted by Crippen LogP contribution is -2.11. The fourth-order valence-corrected chi connectivity index (χ4v) is 0.480.